The lowest BCUT2D eigenvalue weighted by Gasteiger charge is -2.17. The molecule has 0 atom stereocenters. The molecule has 114 valence electrons. The Morgan fingerprint density at radius 2 is 2.10 bits per heavy atom. The molecule has 1 aliphatic rings. The molecule has 0 heterocycles. The molecule has 21 heavy (non-hydrogen) atoms. The van der Waals surface area contributed by atoms with Crippen LogP contribution in [0.3, 0.4) is 0 Å². The number of rotatable bonds is 6. The lowest BCUT2D eigenvalue weighted by Crippen LogP contribution is -2.33. The van der Waals surface area contributed by atoms with E-state index in [0.29, 0.717) is 23.8 Å². The summed E-state index contributed by atoms with van der Waals surface area (Å²) in [4.78, 5) is 25.6. The Bertz CT molecular complexity index is 514. The van der Waals surface area contributed by atoms with Crippen molar-refractivity contribution in [1.29, 1.82) is 0 Å². The van der Waals surface area contributed by atoms with Crippen LogP contribution in [0.5, 0.6) is 0 Å². The predicted octanol–water partition coefficient (Wildman–Crippen LogP) is 1.26. The molecule has 6 nitrogen and oxygen atoms in total. The zero-order valence-corrected chi connectivity index (χ0v) is 12.5. The molecule has 0 aliphatic heterocycles. The summed E-state index contributed by atoms with van der Waals surface area (Å²) in [5, 5.41) is 8.61. The first-order valence-electron chi connectivity index (χ1n) is 7.18. The van der Waals surface area contributed by atoms with Crippen molar-refractivity contribution in [2.45, 2.75) is 18.9 Å². The second-order valence-corrected chi connectivity index (χ2v) is 5.28. The third-order valence-electron chi connectivity index (χ3n) is 3.32. The highest BCUT2D eigenvalue weighted by atomic mass is 16.2. The van der Waals surface area contributed by atoms with E-state index < -0.39 is 0 Å². The summed E-state index contributed by atoms with van der Waals surface area (Å²) in [6.07, 6.45) is 2.09. The Morgan fingerprint density at radius 1 is 1.33 bits per heavy atom. The molecule has 1 aliphatic carbocycles. The van der Waals surface area contributed by atoms with Gasteiger partial charge >= 0.3 is 6.03 Å². The maximum Gasteiger partial charge on any atom is 0.319 e. The average molecular weight is 290 g/mol. The number of carbonyl (C=O) groups excluding carboxylic acids is 2. The lowest BCUT2D eigenvalue weighted by atomic mass is 10.2. The molecule has 0 radical (unpaired) electrons. The summed E-state index contributed by atoms with van der Waals surface area (Å²) in [5.74, 6) is -0.0588. The summed E-state index contributed by atoms with van der Waals surface area (Å²) < 4.78 is 0. The number of carbonyl (C=O) groups is 2. The van der Waals surface area contributed by atoms with E-state index in [-0.39, 0.29) is 11.9 Å². The van der Waals surface area contributed by atoms with E-state index in [1.54, 1.807) is 36.2 Å². The van der Waals surface area contributed by atoms with Gasteiger partial charge in [-0.3, -0.25) is 4.79 Å². The third kappa shape index (κ3) is 4.75. The number of likely N-dealkylation sites (N-methyl/N-ethyl adjacent to an activating group) is 2. The maximum absolute atomic E-state index is 12.2. The van der Waals surface area contributed by atoms with Crippen molar-refractivity contribution in [2.75, 3.05) is 32.5 Å². The van der Waals surface area contributed by atoms with Crippen LogP contribution >= 0.6 is 0 Å². The Labute approximate surface area is 124 Å². The molecular formula is C15H22N4O2. The van der Waals surface area contributed by atoms with Gasteiger partial charge < -0.3 is 20.9 Å². The normalized spacial score (nSPS) is 13.6. The highest BCUT2D eigenvalue weighted by Crippen LogP contribution is 2.19. The maximum atomic E-state index is 12.2. The first-order chi connectivity index (χ1) is 10.1. The van der Waals surface area contributed by atoms with Crippen LogP contribution in [0.1, 0.15) is 23.2 Å². The van der Waals surface area contributed by atoms with Crippen LogP contribution in [0.4, 0.5) is 10.5 Å². The number of hydrogen-bond donors (Lipinski definition) is 3. The molecule has 3 N–H and O–H groups in total. The molecule has 0 saturated heterocycles. The van der Waals surface area contributed by atoms with Crippen molar-refractivity contribution in [1.82, 2.24) is 15.5 Å². The number of hydrogen-bond acceptors (Lipinski definition) is 3. The van der Waals surface area contributed by atoms with E-state index in [0.717, 1.165) is 19.4 Å². The van der Waals surface area contributed by atoms with Crippen LogP contribution in [0.15, 0.2) is 24.3 Å². The molecule has 0 spiro atoms. The summed E-state index contributed by atoms with van der Waals surface area (Å²) in [6, 6.07) is 7.09. The Morgan fingerprint density at radius 3 is 2.76 bits per heavy atom. The molecule has 1 fully saturated rings. The topological polar surface area (TPSA) is 73.5 Å². The minimum atomic E-state index is -0.217. The molecule has 0 bridgehead atoms. The van der Waals surface area contributed by atoms with Crippen molar-refractivity contribution in [2.24, 2.45) is 0 Å². The quantitative estimate of drug-likeness (QED) is 0.738. The molecule has 0 aromatic heterocycles. The fourth-order valence-electron chi connectivity index (χ4n) is 1.91. The van der Waals surface area contributed by atoms with Crippen molar-refractivity contribution in [3.8, 4) is 0 Å². The van der Waals surface area contributed by atoms with Gasteiger partial charge in [0.15, 0.2) is 0 Å². The van der Waals surface area contributed by atoms with Crippen LogP contribution < -0.4 is 16.0 Å². The van der Waals surface area contributed by atoms with Gasteiger partial charge in [0.2, 0.25) is 0 Å². The van der Waals surface area contributed by atoms with Crippen LogP contribution in [0.2, 0.25) is 0 Å². The van der Waals surface area contributed by atoms with Crippen molar-refractivity contribution in [3.63, 3.8) is 0 Å². The standard InChI is InChI=1S/C15H22N4O2/c1-16-8-9-19(2)14(20)11-4-3-5-13(10-11)18-15(21)17-12-6-7-12/h3-5,10,12,16H,6-9H2,1-2H3,(H2,17,18,21). The molecular weight excluding hydrogens is 268 g/mol. The van der Waals surface area contributed by atoms with Crippen molar-refractivity contribution < 1.29 is 9.59 Å². The number of amides is 3. The van der Waals surface area contributed by atoms with Crippen LogP contribution in [0.25, 0.3) is 0 Å². The molecule has 1 aromatic rings. The number of urea groups is 1. The molecule has 1 saturated carbocycles. The Hall–Kier alpha value is -2.08. The first-order valence-corrected chi connectivity index (χ1v) is 7.18. The number of benzene rings is 1. The molecule has 3 amide bonds. The van der Waals surface area contributed by atoms with Crippen LogP contribution in [-0.4, -0.2) is 50.1 Å². The third-order valence-corrected chi connectivity index (χ3v) is 3.32. The zero-order valence-electron chi connectivity index (χ0n) is 12.5. The van der Waals surface area contributed by atoms with E-state index in [2.05, 4.69) is 16.0 Å². The van der Waals surface area contributed by atoms with Gasteiger partial charge in [-0.15, -0.1) is 0 Å². The second-order valence-electron chi connectivity index (χ2n) is 5.28. The van der Waals surface area contributed by atoms with Crippen LogP contribution in [0, 0.1) is 0 Å². The monoisotopic (exact) mass is 290 g/mol. The SMILES string of the molecule is CNCCN(C)C(=O)c1cccc(NC(=O)NC2CC2)c1. The fraction of sp³-hybridized carbons (Fsp3) is 0.467. The Kier molecular flexibility index (Phi) is 5.16. The lowest BCUT2D eigenvalue weighted by molar-refractivity contribution is 0.0797. The van der Waals surface area contributed by atoms with E-state index in [1.807, 2.05) is 7.05 Å². The van der Waals surface area contributed by atoms with E-state index in [1.165, 1.54) is 0 Å². The average Bonchev–Trinajstić information content (AvgIpc) is 3.27. The first kappa shape index (κ1) is 15.3. The van der Waals surface area contributed by atoms with Crippen molar-refractivity contribution in [3.05, 3.63) is 29.8 Å². The zero-order chi connectivity index (χ0) is 15.2. The van der Waals surface area contributed by atoms with E-state index in [9.17, 15) is 9.59 Å². The highest BCUT2D eigenvalue weighted by Gasteiger charge is 2.23. The molecule has 2 rings (SSSR count). The van der Waals surface area contributed by atoms with Crippen LogP contribution in [-0.2, 0) is 0 Å². The van der Waals surface area contributed by atoms with Gasteiger partial charge in [-0.2, -0.15) is 0 Å². The van der Waals surface area contributed by atoms with Crippen molar-refractivity contribution >= 4 is 17.6 Å². The number of nitrogens with one attached hydrogen (secondary N) is 3. The van der Waals surface area contributed by atoms with Gasteiger partial charge in [-0.1, -0.05) is 6.07 Å². The summed E-state index contributed by atoms with van der Waals surface area (Å²) in [7, 11) is 3.61. The molecule has 6 heteroatoms. The summed E-state index contributed by atoms with van der Waals surface area (Å²) in [6.45, 7) is 1.37. The minimum Gasteiger partial charge on any atom is -0.340 e. The van der Waals surface area contributed by atoms with E-state index in [4.69, 9.17) is 0 Å². The number of anilines is 1. The molecule has 0 unspecified atom stereocenters. The van der Waals surface area contributed by atoms with Gasteiger partial charge in [0.25, 0.3) is 5.91 Å². The summed E-state index contributed by atoms with van der Waals surface area (Å²) in [5.41, 5.74) is 1.19. The summed E-state index contributed by atoms with van der Waals surface area (Å²) >= 11 is 0. The van der Waals surface area contributed by atoms with Gasteiger partial charge in [0.05, 0.1) is 0 Å². The number of nitrogens with zero attached hydrogens (tertiary/aromatic N) is 1. The second kappa shape index (κ2) is 7.08. The van der Waals surface area contributed by atoms with Gasteiger partial charge in [0, 0.05) is 37.4 Å². The van der Waals surface area contributed by atoms with Gasteiger partial charge in [-0.05, 0) is 38.1 Å². The van der Waals surface area contributed by atoms with E-state index >= 15 is 0 Å². The largest absolute Gasteiger partial charge is 0.340 e. The van der Waals surface area contributed by atoms with Gasteiger partial charge in [0.1, 0.15) is 0 Å². The predicted molar refractivity (Wildman–Crippen MR) is 82.5 cm³/mol. The minimum absolute atomic E-state index is 0.0588. The smallest absolute Gasteiger partial charge is 0.319 e. The molecule has 1 aromatic carbocycles. The Balaban J connectivity index is 1.95. The fourth-order valence-corrected chi connectivity index (χ4v) is 1.91. The highest BCUT2D eigenvalue weighted by molar-refractivity contribution is 5.96. The van der Waals surface area contributed by atoms with Gasteiger partial charge in [-0.25, -0.2) is 4.79 Å².